The summed E-state index contributed by atoms with van der Waals surface area (Å²) in [4.78, 5) is 4.81. The summed E-state index contributed by atoms with van der Waals surface area (Å²) in [7, 11) is 0. The van der Waals surface area contributed by atoms with Gasteiger partial charge in [-0.2, -0.15) is 0 Å². The van der Waals surface area contributed by atoms with E-state index in [9.17, 15) is 4.39 Å². The fraction of sp³-hybridized carbons (Fsp3) is 0.211. The molecule has 0 atom stereocenters. The van der Waals surface area contributed by atoms with Crippen LogP contribution in [0.1, 0.15) is 30.0 Å². The van der Waals surface area contributed by atoms with Crippen molar-refractivity contribution in [2.24, 2.45) is 0 Å². The molecule has 0 unspecified atom stereocenters. The van der Waals surface area contributed by atoms with Crippen LogP contribution in [0.4, 0.5) is 4.39 Å². The largest absolute Gasteiger partial charge is 0.253 e. The summed E-state index contributed by atoms with van der Waals surface area (Å²) in [6, 6.07) is 15.3. The summed E-state index contributed by atoms with van der Waals surface area (Å²) < 4.78 is 13.2. The van der Waals surface area contributed by atoms with Crippen molar-refractivity contribution >= 4 is 10.9 Å². The molecule has 0 N–H and O–H groups in total. The molecule has 0 amide bonds. The second kappa shape index (κ2) is 4.66. The third-order valence-electron chi connectivity index (χ3n) is 4.13. The van der Waals surface area contributed by atoms with Crippen LogP contribution in [0, 0.1) is 12.7 Å². The van der Waals surface area contributed by atoms with Crippen LogP contribution < -0.4 is 0 Å². The summed E-state index contributed by atoms with van der Waals surface area (Å²) in [5, 5.41) is 1.14. The van der Waals surface area contributed by atoms with Crippen molar-refractivity contribution in [2.45, 2.75) is 25.7 Å². The SMILES string of the molecule is Cc1ccc2nc(C3CC3)cc(-c3ccc(F)cc3)c2c1. The Kier molecular flexibility index (Phi) is 2.78. The minimum Gasteiger partial charge on any atom is -0.253 e. The zero-order valence-corrected chi connectivity index (χ0v) is 11.9. The smallest absolute Gasteiger partial charge is 0.123 e. The van der Waals surface area contributed by atoms with Crippen LogP contribution in [0.3, 0.4) is 0 Å². The number of halogens is 1. The van der Waals surface area contributed by atoms with Crippen LogP contribution in [-0.2, 0) is 0 Å². The van der Waals surface area contributed by atoms with Gasteiger partial charge in [-0.1, -0.05) is 23.8 Å². The molecule has 1 saturated carbocycles. The van der Waals surface area contributed by atoms with Crippen LogP contribution in [0.25, 0.3) is 22.0 Å². The molecule has 1 aliphatic carbocycles. The monoisotopic (exact) mass is 277 g/mol. The first-order chi connectivity index (χ1) is 10.2. The lowest BCUT2D eigenvalue weighted by Gasteiger charge is -2.10. The van der Waals surface area contributed by atoms with Crippen molar-refractivity contribution in [2.75, 3.05) is 0 Å². The van der Waals surface area contributed by atoms with Gasteiger partial charge in [0.2, 0.25) is 0 Å². The number of hydrogen-bond acceptors (Lipinski definition) is 1. The summed E-state index contributed by atoms with van der Waals surface area (Å²) in [6.07, 6.45) is 2.46. The minimum absolute atomic E-state index is 0.198. The van der Waals surface area contributed by atoms with Crippen molar-refractivity contribution in [3.8, 4) is 11.1 Å². The minimum atomic E-state index is -0.198. The lowest BCUT2D eigenvalue weighted by molar-refractivity contribution is 0.628. The molecule has 21 heavy (non-hydrogen) atoms. The van der Waals surface area contributed by atoms with Crippen LogP contribution >= 0.6 is 0 Å². The molecular weight excluding hydrogens is 261 g/mol. The van der Waals surface area contributed by atoms with Crippen molar-refractivity contribution in [3.05, 3.63) is 65.6 Å². The molecule has 0 bridgehead atoms. The highest BCUT2D eigenvalue weighted by atomic mass is 19.1. The highest BCUT2D eigenvalue weighted by Crippen LogP contribution is 2.41. The third-order valence-corrected chi connectivity index (χ3v) is 4.13. The molecule has 0 radical (unpaired) electrons. The molecule has 2 aromatic carbocycles. The zero-order valence-electron chi connectivity index (χ0n) is 11.9. The molecule has 2 heteroatoms. The Morgan fingerprint density at radius 3 is 2.48 bits per heavy atom. The molecule has 1 aliphatic rings. The number of hydrogen-bond donors (Lipinski definition) is 0. The van der Waals surface area contributed by atoms with E-state index in [-0.39, 0.29) is 5.82 Å². The summed E-state index contributed by atoms with van der Waals surface area (Å²) in [6.45, 7) is 2.09. The Morgan fingerprint density at radius 1 is 1.00 bits per heavy atom. The van der Waals surface area contributed by atoms with E-state index in [0.29, 0.717) is 5.92 Å². The van der Waals surface area contributed by atoms with E-state index in [1.807, 2.05) is 12.1 Å². The van der Waals surface area contributed by atoms with E-state index >= 15 is 0 Å². The van der Waals surface area contributed by atoms with Gasteiger partial charge in [0.25, 0.3) is 0 Å². The molecule has 0 saturated heterocycles. The molecule has 0 aliphatic heterocycles. The first kappa shape index (κ1) is 12.5. The Labute approximate surface area is 123 Å². The molecule has 3 aromatic rings. The zero-order chi connectivity index (χ0) is 14.4. The first-order valence-electron chi connectivity index (χ1n) is 7.38. The van der Waals surface area contributed by atoms with Crippen LogP contribution in [0.2, 0.25) is 0 Å². The number of pyridine rings is 1. The van der Waals surface area contributed by atoms with Gasteiger partial charge in [-0.05, 0) is 61.2 Å². The molecule has 0 spiro atoms. The number of aromatic nitrogens is 1. The average Bonchev–Trinajstić information content (AvgIpc) is 3.32. The van der Waals surface area contributed by atoms with Gasteiger partial charge in [-0.15, -0.1) is 0 Å². The van der Waals surface area contributed by atoms with Gasteiger partial charge in [0.15, 0.2) is 0 Å². The van der Waals surface area contributed by atoms with Gasteiger partial charge in [0, 0.05) is 17.0 Å². The molecule has 104 valence electrons. The third kappa shape index (κ3) is 2.31. The van der Waals surface area contributed by atoms with Crippen molar-refractivity contribution in [3.63, 3.8) is 0 Å². The average molecular weight is 277 g/mol. The fourth-order valence-corrected chi connectivity index (χ4v) is 2.82. The number of aryl methyl sites for hydroxylation is 1. The number of fused-ring (bicyclic) bond motifs is 1. The molecule has 1 aromatic heterocycles. The number of rotatable bonds is 2. The van der Waals surface area contributed by atoms with Crippen LogP contribution in [0.15, 0.2) is 48.5 Å². The van der Waals surface area contributed by atoms with E-state index in [0.717, 1.165) is 22.0 Å². The first-order valence-corrected chi connectivity index (χ1v) is 7.38. The van der Waals surface area contributed by atoms with E-state index in [2.05, 4.69) is 31.2 Å². The standard InChI is InChI=1S/C19H16FN/c1-12-2-9-18-17(10-12)16(11-19(21-18)14-3-4-14)13-5-7-15(20)8-6-13/h2,5-11,14H,3-4H2,1H3. The van der Waals surface area contributed by atoms with Crippen molar-refractivity contribution in [1.29, 1.82) is 0 Å². The van der Waals surface area contributed by atoms with E-state index in [4.69, 9.17) is 4.98 Å². The lowest BCUT2D eigenvalue weighted by Crippen LogP contribution is -1.92. The molecular formula is C19H16FN. The Balaban J connectivity index is 1.99. The normalized spacial score (nSPS) is 14.6. The highest BCUT2D eigenvalue weighted by molar-refractivity contribution is 5.95. The summed E-state index contributed by atoms with van der Waals surface area (Å²) >= 11 is 0. The summed E-state index contributed by atoms with van der Waals surface area (Å²) in [5.41, 5.74) is 5.63. The molecule has 1 heterocycles. The maximum Gasteiger partial charge on any atom is 0.123 e. The van der Waals surface area contributed by atoms with Crippen molar-refractivity contribution < 1.29 is 4.39 Å². The Hall–Kier alpha value is -2.22. The molecule has 1 nitrogen and oxygen atoms in total. The maximum atomic E-state index is 13.2. The second-order valence-electron chi connectivity index (χ2n) is 5.90. The van der Waals surface area contributed by atoms with Gasteiger partial charge in [0.1, 0.15) is 5.82 Å². The van der Waals surface area contributed by atoms with Gasteiger partial charge >= 0.3 is 0 Å². The van der Waals surface area contributed by atoms with Gasteiger partial charge in [-0.25, -0.2) is 4.39 Å². The Bertz CT molecular complexity index is 817. The maximum absolute atomic E-state index is 13.2. The molecule has 1 fully saturated rings. The predicted molar refractivity (Wildman–Crippen MR) is 83.8 cm³/mol. The van der Waals surface area contributed by atoms with E-state index in [1.165, 1.54) is 36.2 Å². The lowest BCUT2D eigenvalue weighted by atomic mass is 9.98. The summed E-state index contributed by atoms with van der Waals surface area (Å²) in [5.74, 6) is 0.408. The number of nitrogens with zero attached hydrogens (tertiary/aromatic N) is 1. The van der Waals surface area contributed by atoms with Gasteiger partial charge in [-0.3, -0.25) is 4.98 Å². The number of benzene rings is 2. The topological polar surface area (TPSA) is 12.9 Å². The second-order valence-corrected chi connectivity index (χ2v) is 5.90. The quantitative estimate of drug-likeness (QED) is 0.625. The predicted octanol–water partition coefficient (Wildman–Crippen LogP) is 5.23. The van der Waals surface area contributed by atoms with Gasteiger partial charge < -0.3 is 0 Å². The van der Waals surface area contributed by atoms with Crippen molar-refractivity contribution in [1.82, 2.24) is 4.98 Å². The van der Waals surface area contributed by atoms with Gasteiger partial charge in [0.05, 0.1) is 5.52 Å². The van der Waals surface area contributed by atoms with E-state index < -0.39 is 0 Å². The van der Waals surface area contributed by atoms with Crippen LogP contribution in [-0.4, -0.2) is 4.98 Å². The fourth-order valence-electron chi connectivity index (χ4n) is 2.82. The highest BCUT2D eigenvalue weighted by Gasteiger charge is 2.26. The molecule has 4 rings (SSSR count). The van der Waals surface area contributed by atoms with E-state index in [1.54, 1.807) is 0 Å². The Morgan fingerprint density at radius 2 is 1.76 bits per heavy atom. The van der Waals surface area contributed by atoms with Crippen LogP contribution in [0.5, 0.6) is 0 Å².